The molecule has 0 aliphatic rings. The molecule has 0 spiro atoms. The van der Waals surface area contributed by atoms with Gasteiger partial charge < -0.3 is 14.8 Å². The molecule has 0 atom stereocenters. The maximum Gasteiger partial charge on any atom is 0.161 e. The summed E-state index contributed by atoms with van der Waals surface area (Å²) in [6, 6.07) is 20.8. The molecule has 0 saturated carbocycles. The Bertz CT molecular complexity index is 978. The number of methoxy groups -OCH3 is 1. The summed E-state index contributed by atoms with van der Waals surface area (Å²) in [7, 11) is 1.60. The number of nitrogens with one attached hydrogen (secondary N) is 1. The normalized spacial score (nSPS) is 10.4. The molecule has 0 aromatic heterocycles. The second-order valence-corrected chi connectivity index (χ2v) is 7.24. The first kappa shape index (κ1) is 20.5. The lowest BCUT2D eigenvalue weighted by Gasteiger charge is -2.14. The van der Waals surface area contributed by atoms with E-state index in [1.807, 2.05) is 66.7 Å². The average molecular weight is 432 g/mol. The predicted octanol–water partition coefficient (Wildman–Crippen LogP) is 6.05. The van der Waals surface area contributed by atoms with E-state index in [9.17, 15) is 0 Å². The first-order valence-electron chi connectivity index (χ1n) is 8.64. The third-order valence-corrected chi connectivity index (χ3v) is 5.28. The van der Waals surface area contributed by atoms with Crippen LogP contribution >= 0.6 is 35.4 Å². The molecule has 0 aliphatic carbocycles. The molecule has 1 N–H and O–H groups in total. The Morgan fingerprint density at radius 3 is 2.18 bits per heavy atom. The van der Waals surface area contributed by atoms with Crippen LogP contribution in [0.15, 0.2) is 66.7 Å². The highest BCUT2D eigenvalue weighted by molar-refractivity contribution is 7.80. The van der Waals surface area contributed by atoms with E-state index in [-0.39, 0.29) is 0 Å². The van der Waals surface area contributed by atoms with Crippen molar-refractivity contribution in [3.8, 4) is 11.5 Å². The van der Waals surface area contributed by atoms with Gasteiger partial charge in [-0.3, -0.25) is 0 Å². The van der Waals surface area contributed by atoms with E-state index < -0.39 is 0 Å². The summed E-state index contributed by atoms with van der Waals surface area (Å²) < 4.78 is 11.4. The second-order valence-electron chi connectivity index (χ2n) is 6.02. The molecule has 0 radical (unpaired) electrons. The molecule has 0 unspecified atom stereocenters. The molecular formula is C22H19Cl2NO2S. The van der Waals surface area contributed by atoms with Crippen LogP contribution in [0.2, 0.25) is 10.0 Å². The van der Waals surface area contributed by atoms with Crippen LogP contribution in [0.3, 0.4) is 0 Å². The van der Waals surface area contributed by atoms with Gasteiger partial charge in [-0.2, -0.15) is 0 Å². The smallest absolute Gasteiger partial charge is 0.161 e. The fourth-order valence-corrected chi connectivity index (χ4v) is 3.21. The highest BCUT2D eigenvalue weighted by Crippen LogP contribution is 2.30. The summed E-state index contributed by atoms with van der Waals surface area (Å²) in [6.07, 6.45) is 0. The van der Waals surface area contributed by atoms with Crippen LogP contribution in [-0.2, 0) is 13.2 Å². The average Bonchev–Trinajstić information content (AvgIpc) is 2.72. The first-order valence-corrected chi connectivity index (χ1v) is 9.80. The van der Waals surface area contributed by atoms with Crippen LogP contribution in [0.1, 0.15) is 16.7 Å². The molecule has 0 heterocycles. The third-order valence-electron chi connectivity index (χ3n) is 4.16. The number of thiocarbonyl (C=S) groups is 1. The Labute approximate surface area is 180 Å². The van der Waals surface area contributed by atoms with Gasteiger partial charge in [-0.15, -0.1) is 0 Å². The minimum atomic E-state index is 0.352. The fourth-order valence-electron chi connectivity index (χ4n) is 2.62. The quantitative estimate of drug-likeness (QED) is 0.461. The van der Waals surface area contributed by atoms with Crippen LogP contribution in [-0.4, -0.2) is 12.1 Å². The number of ether oxygens (including phenoxy) is 2. The number of hydrogen-bond donors (Lipinski definition) is 1. The summed E-state index contributed by atoms with van der Waals surface area (Å²) >= 11 is 17.9. The van der Waals surface area contributed by atoms with Crippen molar-refractivity contribution in [3.63, 3.8) is 0 Å². The third kappa shape index (κ3) is 5.16. The standard InChI is InChI=1S/C22H19Cl2NO2S/c1-26-21-12-15(22(28)25-13-16-6-2-4-8-18(16)23)10-11-20(21)27-14-17-7-3-5-9-19(17)24/h2-12H,13-14H2,1H3,(H,25,28). The Morgan fingerprint density at radius 2 is 1.54 bits per heavy atom. The van der Waals surface area contributed by atoms with E-state index in [2.05, 4.69) is 5.32 Å². The van der Waals surface area contributed by atoms with Gasteiger partial charge in [0.15, 0.2) is 11.5 Å². The van der Waals surface area contributed by atoms with Crippen LogP contribution in [0.25, 0.3) is 0 Å². The van der Waals surface area contributed by atoms with Crippen molar-refractivity contribution >= 4 is 40.4 Å². The van der Waals surface area contributed by atoms with Crippen LogP contribution in [0, 0.1) is 0 Å². The molecule has 144 valence electrons. The van der Waals surface area contributed by atoms with Gasteiger partial charge in [-0.25, -0.2) is 0 Å². The van der Waals surface area contributed by atoms with Crippen molar-refractivity contribution in [2.75, 3.05) is 7.11 Å². The lowest BCUT2D eigenvalue weighted by molar-refractivity contribution is 0.284. The second kappa shape index (κ2) is 9.78. The van der Waals surface area contributed by atoms with E-state index >= 15 is 0 Å². The van der Waals surface area contributed by atoms with Gasteiger partial charge in [0.1, 0.15) is 11.6 Å². The monoisotopic (exact) mass is 431 g/mol. The van der Waals surface area contributed by atoms with E-state index in [1.54, 1.807) is 7.11 Å². The molecule has 3 rings (SSSR count). The van der Waals surface area contributed by atoms with E-state index in [0.717, 1.165) is 16.7 Å². The maximum absolute atomic E-state index is 6.19. The minimum absolute atomic E-state index is 0.352. The van der Waals surface area contributed by atoms with E-state index in [0.29, 0.717) is 39.7 Å². The van der Waals surface area contributed by atoms with Gasteiger partial charge in [-0.05, 0) is 35.9 Å². The zero-order valence-corrected chi connectivity index (χ0v) is 17.6. The van der Waals surface area contributed by atoms with E-state index in [1.165, 1.54) is 0 Å². The fraction of sp³-hybridized carbons (Fsp3) is 0.136. The molecule has 0 saturated heterocycles. The van der Waals surface area contributed by atoms with E-state index in [4.69, 9.17) is 44.9 Å². The summed E-state index contributed by atoms with van der Waals surface area (Å²) in [6.45, 7) is 0.899. The van der Waals surface area contributed by atoms with Crippen molar-refractivity contribution < 1.29 is 9.47 Å². The van der Waals surface area contributed by atoms with Gasteiger partial charge in [0, 0.05) is 27.7 Å². The van der Waals surface area contributed by atoms with Crippen LogP contribution in [0.4, 0.5) is 0 Å². The molecule has 0 aliphatic heterocycles. The Kier molecular flexibility index (Phi) is 7.15. The van der Waals surface area contributed by atoms with Gasteiger partial charge >= 0.3 is 0 Å². The Morgan fingerprint density at radius 1 is 0.893 bits per heavy atom. The number of rotatable bonds is 7. The first-order chi connectivity index (χ1) is 13.6. The molecule has 3 aromatic carbocycles. The molecule has 0 amide bonds. The molecule has 0 fully saturated rings. The number of benzene rings is 3. The lowest BCUT2D eigenvalue weighted by atomic mass is 10.1. The van der Waals surface area contributed by atoms with Gasteiger partial charge in [0.25, 0.3) is 0 Å². The molecule has 28 heavy (non-hydrogen) atoms. The van der Waals surface area contributed by atoms with Crippen LogP contribution < -0.4 is 14.8 Å². The highest BCUT2D eigenvalue weighted by atomic mass is 35.5. The summed E-state index contributed by atoms with van der Waals surface area (Å²) in [5.41, 5.74) is 2.73. The summed E-state index contributed by atoms with van der Waals surface area (Å²) in [4.78, 5) is 0.607. The minimum Gasteiger partial charge on any atom is -0.493 e. The maximum atomic E-state index is 6.19. The SMILES string of the molecule is COc1cc(C(=S)NCc2ccccc2Cl)ccc1OCc1ccccc1Cl. The number of halogens is 2. The zero-order chi connectivity index (χ0) is 19.9. The highest BCUT2D eigenvalue weighted by Gasteiger charge is 2.10. The Hall–Kier alpha value is -2.27. The predicted molar refractivity (Wildman–Crippen MR) is 119 cm³/mol. The summed E-state index contributed by atoms with van der Waals surface area (Å²) in [5.74, 6) is 1.23. The zero-order valence-electron chi connectivity index (χ0n) is 15.2. The number of hydrogen-bond acceptors (Lipinski definition) is 3. The van der Waals surface area contributed by atoms with Crippen molar-refractivity contribution in [2.45, 2.75) is 13.2 Å². The molecule has 3 aromatic rings. The van der Waals surface area contributed by atoms with Crippen molar-refractivity contribution in [1.82, 2.24) is 5.32 Å². The van der Waals surface area contributed by atoms with Gasteiger partial charge in [0.05, 0.1) is 7.11 Å². The topological polar surface area (TPSA) is 30.5 Å². The van der Waals surface area contributed by atoms with Gasteiger partial charge in [-0.1, -0.05) is 71.8 Å². The molecule has 3 nitrogen and oxygen atoms in total. The Balaban J connectivity index is 1.67. The molecule has 0 bridgehead atoms. The summed E-state index contributed by atoms with van der Waals surface area (Å²) in [5, 5.41) is 4.60. The largest absolute Gasteiger partial charge is 0.493 e. The van der Waals surface area contributed by atoms with Crippen molar-refractivity contribution in [3.05, 3.63) is 93.5 Å². The molecular weight excluding hydrogens is 413 g/mol. The van der Waals surface area contributed by atoms with Crippen LogP contribution in [0.5, 0.6) is 11.5 Å². The van der Waals surface area contributed by atoms with Crippen molar-refractivity contribution in [1.29, 1.82) is 0 Å². The van der Waals surface area contributed by atoms with Gasteiger partial charge in [0.2, 0.25) is 0 Å². The van der Waals surface area contributed by atoms with Crippen molar-refractivity contribution in [2.24, 2.45) is 0 Å². The molecule has 6 heteroatoms. The lowest BCUT2D eigenvalue weighted by Crippen LogP contribution is -2.21.